The van der Waals surface area contributed by atoms with Crippen LogP contribution in [0.2, 0.25) is 0 Å². The molecule has 0 saturated heterocycles. The molecule has 0 bridgehead atoms. The van der Waals surface area contributed by atoms with Gasteiger partial charge in [-0.05, 0) is 55.0 Å². The summed E-state index contributed by atoms with van der Waals surface area (Å²) in [6, 6.07) is 13.4. The van der Waals surface area contributed by atoms with Gasteiger partial charge in [0.15, 0.2) is 0 Å². The average Bonchev–Trinajstić information content (AvgIpc) is 3.22. The van der Waals surface area contributed by atoms with Crippen molar-refractivity contribution < 1.29 is 36.7 Å². The third-order valence-electron chi connectivity index (χ3n) is 4.47. The average molecular weight is 447 g/mol. The van der Waals surface area contributed by atoms with Crippen LogP contribution in [0.25, 0.3) is 11.3 Å². The third kappa shape index (κ3) is 5.48. The maximum absolute atomic E-state index is 13.5. The first kappa shape index (κ1) is 22.9. The van der Waals surface area contributed by atoms with Crippen LogP contribution in [0.5, 0.6) is 5.75 Å². The Morgan fingerprint density at radius 1 is 1.03 bits per heavy atom. The van der Waals surface area contributed by atoms with Crippen LogP contribution in [0, 0.1) is 0 Å². The molecular weight excluding hydrogens is 427 g/mol. The summed E-state index contributed by atoms with van der Waals surface area (Å²) in [7, 11) is 1.47. The second kappa shape index (κ2) is 9.59. The molecule has 0 spiro atoms. The van der Waals surface area contributed by atoms with Gasteiger partial charge in [0.25, 0.3) is 5.91 Å². The van der Waals surface area contributed by atoms with Gasteiger partial charge in [0, 0.05) is 11.3 Å². The van der Waals surface area contributed by atoms with E-state index < -0.39 is 29.4 Å². The number of furan rings is 1. The number of hydrogen-bond donors (Lipinski definition) is 1. The molecule has 6 nitrogen and oxygen atoms in total. The summed E-state index contributed by atoms with van der Waals surface area (Å²) in [6.07, 6.45) is -4.81. The second-order valence-corrected chi connectivity index (χ2v) is 6.71. The van der Waals surface area contributed by atoms with E-state index in [9.17, 15) is 22.8 Å². The zero-order valence-corrected chi connectivity index (χ0v) is 17.3. The van der Waals surface area contributed by atoms with Crippen molar-refractivity contribution >= 4 is 17.6 Å². The lowest BCUT2D eigenvalue weighted by Gasteiger charge is -2.08. The van der Waals surface area contributed by atoms with E-state index in [0.717, 1.165) is 6.07 Å². The number of carbonyl (C=O) groups excluding carboxylic acids is 2. The molecule has 32 heavy (non-hydrogen) atoms. The first-order valence-corrected chi connectivity index (χ1v) is 9.62. The number of methoxy groups -OCH3 is 1. The molecule has 0 unspecified atom stereocenters. The SMILES string of the molecule is CCOC(=O)Cc1ccc(NC(=O)c2cc(-c3ccc(OC)cc3)oc2C(F)(F)F)cc1. The van der Waals surface area contributed by atoms with E-state index >= 15 is 0 Å². The lowest BCUT2D eigenvalue weighted by Crippen LogP contribution is -2.17. The molecule has 0 aliphatic heterocycles. The van der Waals surface area contributed by atoms with E-state index in [0.29, 0.717) is 16.9 Å². The van der Waals surface area contributed by atoms with Gasteiger partial charge in [0.2, 0.25) is 5.76 Å². The molecule has 0 aliphatic carbocycles. The number of anilines is 1. The van der Waals surface area contributed by atoms with E-state index in [1.807, 2.05) is 0 Å². The fourth-order valence-corrected chi connectivity index (χ4v) is 2.95. The van der Waals surface area contributed by atoms with Crippen LogP contribution in [0.4, 0.5) is 18.9 Å². The number of amides is 1. The van der Waals surface area contributed by atoms with Gasteiger partial charge in [0.05, 0.1) is 25.7 Å². The molecule has 168 valence electrons. The van der Waals surface area contributed by atoms with Crippen LogP contribution in [-0.4, -0.2) is 25.6 Å². The van der Waals surface area contributed by atoms with Crippen molar-refractivity contribution in [2.75, 3.05) is 19.0 Å². The number of alkyl halides is 3. The predicted molar refractivity (Wildman–Crippen MR) is 110 cm³/mol. The van der Waals surface area contributed by atoms with Gasteiger partial charge >= 0.3 is 12.1 Å². The van der Waals surface area contributed by atoms with Gasteiger partial charge in [-0.1, -0.05) is 12.1 Å². The number of ether oxygens (including phenoxy) is 2. The van der Waals surface area contributed by atoms with Crippen molar-refractivity contribution in [2.24, 2.45) is 0 Å². The minimum absolute atomic E-state index is 0.0488. The van der Waals surface area contributed by atoms with Crippen LogP contribution in [0.15, 0.2) is 59.0 Å². The Morgan fingerprint density at radius 2 is 1.69 bits per heavy atom. The van der Waals surface area contributed by atoms with Crippen molar-refractivity contribution in [3.05, 3.63) is 71.5 Å². The summed E-state index contributed by atoms with van der Waals surface area (Å²) in [4.78, 5) is 24.1. The normalized spacial score (nSPS) is 11.2. The van der Waals surface area contributed by atoms with E-state index in [1.54, 1.807) is 31.2 Å². The third-order valence-corrected chi connectivity index (χ3v) is 4.47. The van der Waals surface area contributed by atoms with Crippen LogP contribution in [0.1, 0.15) is 28.6 Å². The molecule has 2 aromatic carbocycles. The van der Waals surface area contributed by atoms with Gasteiger partial charge in [-0.15, -0.1) is 0 Å². The van der Waals surface area contributed by atoms with Crippen molar-refractivity contribution in [2.45, 2.75) is 19.5 Å². The fourth-order valence-electron chi connectivity index (χ4n) is 2.95. The van der Waals surface area contributed by atoms with E-state index in [2.05, 4.69) is 5.32 Å². The number of nitrogens with one attached hydrogen (secondary N) is 1. The zero-order chi connectivity index (χ0) is 23.3. The van der Waals surface area contributed by atoms with Crippen molar-refractivity contribution in [3.8, 4) is 17.1 Å². The first-order chi connectivity index (χ1) is 15.2. The van der Waals surface area contributed by atoms with Crippen LogP contribution in [0.3, 0.4) is 0 Å². The lowest BCUT2D eigenvalue weighted by atomic mass is 10.1. The number of rotatable bonds is 7. The largest absolute Gasteiger partial charge is 0.497 e. The highest BCUT2D eigenvalue weighted by molar-refractivity contribution is 6.05. The molecule has 0 fully saturated rings. The van der Waals surface area contributed by atoms with Crippen LogP contribution < -0.4 is 10.1 Å². The summed E-state index contributed by atoms with van der Waals surface area (Å²) >= 11 is 0. The molecule has 0 radical (unpaired) electrons. The lowest BCUT2D eigenvalue weighted by molar-refractivity contribution is -0.153. The standard InChI is InChI=1S/C23H20F3NO5/c1-3-31-20(28)12-14-4-8-16(9-5-14)27-22(29)18-13-19(32-21(18)23(24,25)26)15-6-10-17(30-2)11-7-15/h4-11,13H,3,12H2,1-2H3,(H,27,29). The molecule has 0 saturated carbocycles. The Balaban J connectivity index is 1.82. The second-order valence-electron chi connectivity index (χ2n) is 6.71. The summed E-state index contributed by atoms with van der Waals surface area (Å²) < 4.78 is 55.4. The first-order valence-electron chi connectivity index (χ1n) is 9.62. The smallest absolute Gasteiger partial charge is 0.450 e. The molecule has 9 heteroatoms. The summed E-state index contributed by atoms with van der Waals surface area (Å²) in [5, 5.41) is 2.42. The monoisotopic (exact) mass is 447 g/mol. The number of hydrogen-bond acceptors (Lipinski definition) is 5. The minimum atomic E-state index is -4.86. The maximum atomic E-state index is 13.5. The minimum Gasteiger partial charge on any atom is -0.497 e. The highest BCUT2D eigenvalue weighted by Crippen LogP contribution is 2.37. The number of halogens is 3. The van der Waals surface area contributed by atoms with Gasteiger partial charge in [-0.2, -0.15) is 13.2 Å². The van der Waals surface area contributed by atoms with E-state index in [-0.39, 0.29) is 24.5 Å². The Bertz CT molecular complexity index is 1090. The number of carbonyl (C=O) groups is 2. The molecule has 1 aromatic heterocycles. The van der Waals surface area contributed by atoms with Crippen LogP contribution in [-0.2, 0) is 22.1 Å². The van der Waals surface area contributed by atoms with E-state index in [1.165, 1.54) is 31.4 Å². The molecule has 1 heterocycles. The predicted octanol–water partition coefficient (Wildman–Crippen LogP) is 5.33. The quantitative estimate of drug-likeness (QED) is 0.495. The van der Waals surface area contributed by atoms with Crippen LogP contribution >= 0.6 is 0 Å². The molecular formula is C23H20F3NO5. The Kier molecular flexibility index (Phi) is 6.87. The van der Waals surface area contributed by atoms with Crippen molar-refractivity contribution in [3.63, 3.8) is 0 Å². The zero-order valence-electron chi connectivity index (χ0n) is 17.3. The Hall–Kier alpha value is -3.75. The van der Waals surface area contributed by atoms with Crippen molar-refractivity contribution in [1.82, 2.24) is 0 Å². The summed E-state index contributed by atoms with van der Waals surface area (Å²) in [5.41, 5.74) is 0.628. The molecule has 1 amide bonds. The van der Waals surface area contributed by atoms with Gasteiger partial charge in [0.1, 0.15) is 11.5 Å². The fraction of sp³-hybridized carbons (Fsp3) is 0.217. The summed E-state index contributed by atoms with van der Waals surface area (Å²) in [6.45, 7) is 1.96. The molecule has 0 aliphatic rings. The van der Waals surface area contributed by atoms with E-state index in [4.69, 9.17) is 13.9 Å². The molecule has 1 N–H and O–H groups in total. The summed E-state index contributed by atoms with van der Waals surface area (Å²) in [5.74, 6) is -2.34. The Morgan fingerprint density at radius 3 is 2.25 bits per heavy atom. The molecule has 3 rings (SSSR count). The van der Waals surface area contributed by atoms with Crippen molar-refractivity contribution in [1.29, 1.82) is 0 Å². The molecule has 0 atom stereocenters. The van der Waals surface area contributed by atoms with Gasteiger partial charge in [-0.25, -0.2) is 0 Å². The topological polar surface area (TPSA) is 77.8 Å². The molecule has 3 aromatic rings. The number of benzene rings is 2. The maximum Gasteiger partial charge on any atom is 0.450 e. The van der Waals surface area contributed by atoms with Gasteiger partial charge in [-0.3, -0.25) is 9.59 Å². The highest BCUT2D eigenvalue weighted by Gasteiger charge is 2.40. The Labute approximate surface area is 181 Å². The number of esters is 1. The highest BCUT2D eigenvalue weighted by atomic mass is 19.4. The van der Waals surface area contributed by atoms with Gasteiger partial charge < -0.3 is 19.2 Å².